The van der Waals surface area contributed by atoms with E-state index in [4.69, 9.17) is 0 Å². The van der Waals surface area contributed by atoms with Crippen LogP contribution in [0.1, 0.15) is 30.4 Å². The van der Waals surface area contributed by atoms with Crippen molar-refractivity contribution in [3.8, 4) is 0 Å². The van der Waals surface area contributed by atoms with Gasteiger partial charge in [0.25, 0.3) is 0 Å². The van der Waals surface area contributed by atoms with Crippen LogP contribution in [0.3, 0.4) is 0 Å². The van der Waals surface area contributed by atoms with E-state index in [2.05, 4.69) is 5.32 Å². The highest BCUT2D eigenvalue weighted by Crippen LogP contribution is 2.22. The molecule has 1 heterocycles. The number of piperidine rings is 1. The van der Waals surface area contributed by atoms with Crippen LogP contribution >= 0.6 is 12.4 Å². The third-order valence-electron chi connectivity index (χ3n) is 4.02. The molecule has 21 heavy (non-hydrogen) atoms. The van der Waals surface area contributed by atoms with Crippen LogP contribution in [0.5, 0.6) is 0 Å². The van der Waals surface area contributed by atoms with E-state index in [1.807, 2.05) is 36.9 Å². The van der Waals surface area contributed by atoms with E-state index in [-0.39, 0.29) is 24.4 Å². The van der Waals surface area contributed by atoms with Crippen molar-refractivity contribution in [2.24, 2.45) is 0 Å². The first-order valence-electron chi connectivity index (χ1n) is 7.30. The van der Waals surface area contributed by atoms with E-state index in [1.165, 1.54) is 0 Å². The number of hydrogen-bond acceptors (Lipinski definition) is 2. The molecule has 1 unspecified atom stereocenters. The van der Waals surface area contributed by atoms with Gasteiger partial charge in [0.2, 0.25) is 5.91 Å². The molecule has 1 N–H and O–H groups in total. The average Bonchev–Trinajstić information content (AvgIpc) is 2.44. The van der Waals surface area contributed by atoms with Crippen molar-refractivity contribution in [2.75, 3.05) is 25.1 Å². The van der Waals surface area contributed by atoms with Crippen molar-refractivity contribution in [1.82, 2.24) is 4.90 Å². The second-order valence-electron chi connectivity index (χ2n) is 5.49. The van der Waals surface area contributed by atoms with Gasteiger partial charge in [0.05, 0.1) is 6.04 Å². The molecule has 3 nitrogen and oxygen atoms in total. The maximum absolute atomic E-state index is 12.6. The van der Waals surface area contributed by atoms with Crippen molar-refractivity contribution < 1.29 is 9.18 Å². The number of rotatable bonds is 4. The maximum atomic E-state index is 12.6. The molecule has 5 heteroatoms. The van der Waals surface area contributed by atoms with Crippen molar-refractivity contribution in [3.05, 3.63) is 29.3 Å². The number of benzene rings is 1. The molecule has 2 rings (SSSR count). The van der Waals surface area contributed by atoms with Crippen molar-refractivity contribution in [1.29, 1.82) is 0 Å². The molecule has 0 spiro atoms. The Morgan fingerprint density at radius 3 is 2.62 bits per heavy atom. The fraction of sp³-hybridized carbons (Fsp3) is 0.562. The summed E-state index contributed by atoms with van der Waals surface area (Å²) in [6.45, 7) is 4.75. The molecule has 1 atom stereocenters. The zero-order valence-electron chi connectivity index (χ0n) is 12.7. The van der Waals surface area contributed by atoms with Gasteiger partial charge in [-0.05, 0) is 44.4 Å². The zero-order valence-corrected chi connectivity index (χ0v) is 13.5. The van der Waals surface area contributed by atoms with Gasteiger partial charge in [0.1, 0.15) is 6.67 Å². The van der Waals surface area contributed by atoms with Crippen LogP contribution in [0.15, 0.2) is 18.2 Å². The topological polar surface area (TPSA) is 32.3 Å². The molecule has 1 amide bonds. The first kappa shape index (κ1) is 17.9. The molecular weight excluding hydrogens is 291 g/mol. The first-order chi connectivity index (χ1) is 9.63. The van der Waals surface area contributed by atoms with Gasteiger partial charge in [-0.3, -0.25) is 9.69 Å². The minimum absolute atomic E-state index is 0. The molecule has 1 aliphatic heterocycles. The molecule has 1 fully saturated rings. The lowest BCUT2D eigenvalue weighted by Crippen LogP contribution is -2.47. The second kappa shape index (κ2) is 8.35. The Labute approximate surface area is 132 Å². The lowest BCUT2D eigenvalue weighted by molar-refractivity contribution is -0.122. The number of likely N-dealkylation sites (tertiary alicyclic amines) is 1. The Kier molecular flexibility index (Phi) is 7.12. The third-order valence-corrected chi connectivity index (χ3v) is 4.02. The molecule has 0 radical (unpaired) electrons. The largest absolute Gasteiger partial charge is 0.324 e. The second-order valence-corrected chi connectivity index (χ2v) is 5.49. The number of anilines is 1. The van der Waals surface area contributed by atoms with Gasteiger partial charge < -0.3 is 5.32 Å². The van der Waals surface area contributed by atoms with Crippen LogP contribution < -0.4 is 5.32 Å². The number of hydrogen-bond donors (Lipinski definition) is 1. The number of para-hydroxylation sites is 1. The fourth-order valence-electron chi connectivity index (χ4n) is 2.88. The first-order valence-corrected chi connectivity index (χ1v) is 7.30. The molecule has 0 saturated carbocycles. The third kappa shape index (κ3) is 4.42. The van der Waals surface area contributed by atoms with E-state index in [0.29, 0.717) is 6.54 Å². The summed E-state index contributed by atoms with van der Waals surface area (Å²) in [5.74, 6) is -0.00412. The van der Waals surface area contributed by atoms with Crippen LogP contribution in [-0.4, -0.2) is 36.6 Å². The highest BCUT2D eigenvalue weighted by Gasteiger charge is 2.28. The SMILES string of the molecule is Cc1cccc(C)c1NC(=O)C1CCCCN1CCF.Cl. The molecular formula is C16H24ClFN2O. The van der Waals surface area contributed by atoms with E-state index >= 15 is 0 Å². The normalized spacial score (nSPS) is 18.9. The molecule has 0 bridgehead atoms. The van der Waals surface area contributed by atoms with E-state index in [0.717, 1.165) is 42.6 Å². The van der Waals surface area contributed by atoms with Gasteiger partial charge in [0.15, 0.2) is 0 Å². The number of halogens is 2. The molecule has 1 saturated heterocycles. The monoisotopic (exact) mass is 314 g/mol. The Balaban J connectivity index is 0.00000220. The van der Waals surface area contributed by atoms with E-state index in [1.54, 1.807) is 0 Å². The fourth-order valence-corrected chi connectivity index (χ4v) is 2.88. The van der Waals surface area contributed by atoms with Gasteiger partial charge in [-0.1, -0.05) is 24.6 Å². The minimum atomic E-state index is -0.396. The van der Waals surface area contributed by atoms with Gasteiger partial charge >= 0.3 is 0 Å². The van der Waals surface area contributed by atoms with Crippen molar-refractivity contribution >= 4 is 24.0 Å². The molecule has 1 aromatic carbocycles. The number of alkyl halides is 1. The zero-order chi connectivity index (χ0) is 14.5. The van der Waals surface area contributed by atoms with E-state index < -0.39 is 6.67 Å². The van der Waals surface area contributed by atoms with Gasteiger partial charge in [-0.2, -0.15) is 0 Å². The van der Waals surface area contributed by atoms with Crippen LogP contribution in [0, 0.1) is 13.8 Å². The number of carbonyl (C=O) groups excluding carboxylic acids is 1. The number of nitrogens with zero attached hydrogens (tertiary/aromatic N) is 1. The molecule has 1 aliphatic rings. The van der Waals surface area contributed by atoms with Crippen LogP contribution in [0.2, 0.25) is 0 Å². The Hall–Kier alpha value is -1.13. The quantitative estimate of drug-likeness (QED) is 0.922. The van der Waals surface area contributed by atoms with Gasteiger partial charge in [0, 0.05) is 12.2 Å². The Bertz CT molecular complexity index is 459. The lowest BCUT2D eigenvalue weighted by Gasteiger charge is -2.34. The molecule has 0 aromatic heterocycles. The summed E-state index contributed by atoms with van der Waals surface area (Å²) in [6, 6.07) is 5.76. The van der Waals surface area contributed by atoms with Gasteiger partial charge in [-0.15, -0.1) is 12.4 Å². The highest BCUT2D eigenvalue weighted by molar-refractivity contribution is 5.96. The summed E-state index contributed by atoms with van der Waals surface area (Å²) >= 11 is 0. The summed E-state index contributed by atoms with van der Waals surface area (Å²) in [4.78, 5) is 14.4. The standard InChI is InChI=1S/C16H23FN2O.ClH/c1-12-6-5-7-13(2)15(12)18-16(20)14-8-3-4-10-19(14)11-9-17;/h5-7,14H,3-4,8-11H2,1-2H3,(H,18,20);1H. The smallest absolute Gasteiger partial charge is 0.241 e. The Morgan fingerprint density at radius 1 is 1.33 bits per heavy atom. The lowest BCUT2D eigenvalue weighted by atomic mass is 10.0. The predicted octanol–water partition coefficient (Wildman–Crippen LogP) is 3.49. The summed E-state index contributed by atoms with van der Waals surface area (Å²) in [6.07, 6.45) is 2.90. The summed E-state index contributed by atoms with van der Waals surface area (Å²) < 4.78 is 12.6. The molecule has 0 aliphatic carbocycles. The summed E-state index contributed by atoms with van der Waals surface area (Å²) in [5.41, 5.74) is 3.01. The number of amides is 1. The minimum Gasteiger partial charge on any atom is -0.324 e. The Morgan fingerprint density at radius 2 is 2.00 bits per heavy atom. The van der Waals surface area contributed by atoms with Crippen molar-refractivity contribution in [2.45, 2.75) is 39.2 Å². The highest BCUT2D eigenvalue weighted by atomic mass is 35.5. The van der Waals surface area contributed by atoms with Crippen molar-refractivity contribution in [3.63, 3.8) is 0 Å². The number of aryl methyl sites for hydroxylation is 2. The van der Waals surface area contributed by atoms with Gasteiger partial charge in [-0.25, -0.2) is 4.39 Å². The predicted molar refractivity (Wildman–Crippen MR) is 87.0 cm³/mol. The average molecular weight is 315 g/mol. The number of carbonyl (C=O) groups is 1. The summed E-state index contributed by atoms with van der Waals surface area (Å²) in [5, 5.41) is 3.03. The maximum Gasteiger partial charge on any atom is 0.241 e. The molecule has 1 aromatic rings. The molecule has 118 valence electrons. The van der Waals surface area contributed by atoms with Crippen LogP contribution in [-0.2, 0) is 4.79 Å². The van der Waals surface area contributed by atoms with Crippen LogP contribution in [0.4, 0.5) is 10.1 Å². The number of nitrogens with one attached hydrogen (secondary N) is 1. The van der Waals surface area contributed by atoms with E-state index in [9.17, 15) is 9.18 Å². The summed E-state index contributed by atoms with van der Waals surface area (Å²) in [7, 11) is 0. The van der Waals surface area contributed by atoms with Crippen LogP contribution in [0.25, 0.3) is 0 Å².